The second kappa shape index (κ2) is 11.3. The van der Waals surface area contributed by atoms with Crippen LogP contribution in [0.4, 0.5) is 10.1 Å². The van der Waals surface area contributed by atoms with Crippen LogP contribution in [0.15, 0.2) is 41.4 Å². The highest BCUT2D eigenvalue weighted by Gasteiger charge is 2.29. The second-order valence-corrected chi connectivity index (χ2v) is 8.90. The van der Waals surface area contributed by atoms with Crippen molar-refractivity contribution in [2.75, 3.05) is 18.4 Å². The molecule has 34 heavy (non-hydrogen) atoms. The van der Waals surface area contributed by atoms with Gasteiger partial charge >= 0.3 is 0 Å². The number of amidine groups is 1. The number of phenols is 1. The number of aliphatic imine (C=N–C) groups is 1. The SMILES string of the molecule is CCCC1CN(CC(=O)c2ccc(NC(=O)C(CC)CC)cc2F)C(c2cc(O)ccc2C)=N1. The number of hydrogen-bond acceptors (Lipinski definition) is 5. The van der Waals surface area contributed by atoms with E-state index in [9.17, 15) is 19.1 Å². The Labute approximate surface area is 200 Å². The van der Waals surface area contributed by atoms with Gasteiger partial charge in [0, 0.05) is 23.7 Å². The highest BCUT2D eigenvalue weighted by molar-refractivity contribution is 6.06. The normalized spacial score (nSPS) is 15.5. The molecule has 0 saturated heterocycles. The number of hydrogen-bond donors (Lipinski definition) is 2. The molecule has 0 saturated carbocycles. The van der Waals surface area contributed by atoms with Crippen molar-refractivity contribution < 1.29 is 19.1 Å². The van der Waals surface area contributed by atoms with Gasteiger partial charge in [0.05, 0.1) is 18.2 Å². The number of nitrogens with zero attached hydrogens (tertiary/aromatic N) is 2. The van der Waals surface area contributed by atoms with Gasteiger partial charge in [0.25, 0.3) is 0 Å². The average Bonchev–Trinajstić information content (AvgIpc) is 3.18. The van der Waals surface area contributed by atoms with Crippen molar-refractivity contribution in [2.24, 2.45) is 10.9 Å². The van der Waals surface area contributed by atoms with Gasteiger partial charge in [-0.1, -0.05) is 33.3 Å². The third-order valence-electron chi connectivity index (χ3n) is 6.35. The van der Waals surface area contributed by atoms with Crippen molar-refractivity contribution in [3.05, 3.63) is 58.9 Å². The lowest BCUT2D eigenvalue weighted by atomic mass is 10.0. The summed E-state index contributed by atoms with van der Waals surface area (Å²) < 4.78 is 14.9. The molecule has 6 nitrogen and oxygen atoms in total. The number of rotatable bonds is 10. The fourth-order valence-electron chi connectivity index (χ4n) is 4.34. The number of carbonyl (C=O) groups excluding carboxylic acids is 2. The molecule has 7 heteroatoms. The smallest absolute Gasteiger partial charge is 0.227 e. The van der Waals surface area contributed by atoms with Crippen molar-refractivity contribution in [1.29, 1.82) is 0 Å². The van der Waals surface area contributed by atoms with E-state index >= 15 is 0 Å². The van der Waals surface area contributed by atoms with Gasteiger partial charge in [-0.2, -0.15) is 0 Å². The number of aromatic hydroxyl groups is 1. The quantitative estimate of drug-likeness (QED) is 0.463. The summed E-state index contributed by atoms with van der Waals surface area (Å²) in [6.45, 7) is 8.44. The molecule has 0 fully saturated rings. The molecule has 1 unspecified atom stereocenters. The van der Waals surface area contributed by atoms with Crippen molar-refractivity contribution in [2.45, 2.75) is 59.4 Å². The van der Waals surface area contributed by atoms with Crippen molar-refractivity contribution in [3.8, 4) is 5.75 Å². The molecule has 182 valence electrons. The fourth-order valence-corrected chi connectivity index (χ4v) is 4.34. The number of amides is 1. The minimum atomic E-state index is -0.663. The van der Waals surface area contributed by atoms with E-state index in [0.29, 0.717) is 30.9 Å². The van der Waals surface area contributed by atoms with Crippen LogP contribution in [0, 0.1) is 18.7 Å². The molecule has 0 aliphatic carbocycles. The molecule has 1 aliphatic rings. The summed E-state index contributed by atoms with van der Waals surface area (Å²) in [4.78, 5) is 32.1. The largest absolute Gasteiger partial charge is 0.508 e. The van der Waals surface area contributed by atoms with Gasteiger partial charge in [-0.3, -0.25) is 14.6 Å². The fraction of sp³-hybridized carbons (Fsp3) is 0.444. The molecule has 2 aromatic carbocycles. The Bertz CT molecular complexity index is 1080. The van der Waals surface area contributed by atoms with Gasteiger partial charge in [0.15, 0.2) is 5.78 Å². The predicted octanol–water partition coefficient (Wildman–Crippen LogP) is 5.33. The zero-order valence-corrected chi connectivity index (χ0v) is 20.4. The van der Waals surface area contributed by atoms with Crippen LogP contribution in [0.2, 0.25) is 0 Å². The molecule has 0 bridgehead atoms. The van der Waals surface area contributed by atoms with Crippen LogP contribution in [0.25, 0.3) is 0 Å². The van der Waals surface area contributed by atoms with E-state index in [2.05, 4.69) is 12.2 Å². The highest BCUT2D eigenvalue weighted by atomic mass is 19.1. The third kappa shape index (κ3) is 5.82. The van der Waals surface area contributed by atoms with E-state index in [1.165, 1.54) is 12.1 Å². The molecule has 0 aromatic heterocycles. The Morgan fingerprint density at radius 1 is 1.18 bits per heavy atom. The lowest BCUT2D eigenvalue weighted by Gasteiger charge is -2.22. The zero-order valence-electron chi connectivity index (χ0n) is 20.4. The maximum atomic E-state index is 14.9. The van der Waals surface area contributed by atoms with Gasteiger partial charge in [-0.15, -0.1) is 0 Å². The van der Waals surface area contributed by atoms with Crippen LogP contribution < -0.4 is 5.32 Å². The maximum absolute atomic E-state index is 14.9. The van der Waals surface area contributed by atoms with Gasteiger partial charge in [0.1, 0.15) is 17.4 Å². The molecule has 0 spiro atoms. The second-order valence-electron chi connectivity index (χ2n) is 8.90. The molecule has 1 atom stereocenters. The first-order chi connectivity index (χ1) is 16.3. The Hall–Kier alpha value is -3.22. The number of halogens is 1. The molecular weight excluding hydrogens is 433 g/mol. The van der Waals surface area contributed by atoms with Crippen LogP contribution in [-0.2, 0) is 4.79 Å². The topological polar surface area (TPSA) is 82.0 Å². The summed E-state index contributed by atoms with van der Waals surface area (Å²) in [7, 11) is 0. The first-order valence-electron chi connectivity index (χ1n) is 12.0. The van der Waals surface area contributed by atoms with Gasteiger partial charge in [-0.05, 0) is 62.1 Å². The number of ketones is 1. The molecule has 1 heterocycles. The van der Waals surface area contributed by atoms with E-state index in [1.54, 1.807) is 18.2 Å². The number of carbonyl (C=O) groups is 2. The molecule has 3 rings (SSSR count). The Balaban J connectivity index is 1.79. The standard InChI is InChI=1S/C27H34FN3O3/c1-5-8-20-15-31(26(29-20)23-14-21(32)11-9-17(23)4)16-25(33)22-12-10-19(13-24(22)28)30-27(34)18(6-2)7-3/h9-14,18,20,32H,5-8,15-16H2,1-4H3,(H,30,34). The van der Waals surface area contributed by atoms with Gasteiger partial charge in [0.2, 0.25) is 5.91 Å². The van der Waals surface area contributed by atoms with Gasteiger partial charge < -0.3 is 15.3 Å². The number of phenolic OH excluding ortho intramolecular Hbond substituents is 1. The minimum Gasteiger partial charge on any atom is -0.508 e. The van der Waals surface area contributed by atoms with Crippen LogP contribution >= 0.6 is 0 Å². The molecular formula is C27H34FN3O3. The maximum Gasteiger partial charge on any atom is 0.227 e. The minimum absolute atomic E-state index is 0.0218. The lowest BCUT2D eigenvalue weighted by molar-refractivity contribution is -0.120. The van der Waals surface area contributed by atoms with Crippen molar-refractivity contribution in [3.63, 3.8) is 0 Å². The summed E-state index contributed by atoms with van der Waals surface area (Å²) in [6, 6.07) is 9.32. The van der Waals surface area contributed by atoms with Crippen molar-refractivity contribution in [1.82, 2.24) is 4.90 Å². The predicted molar refractivity (Wildman–Crippen MR) is 133 cm³/mol. The number of anilines is 1. The van der Waals surface area contributed by atoms with Crippen LogP contribution in [-0.4, -0.2) is 46.7 Å². The highest BCUT2D eigenvalue weighted by Crippen LogP contribution is 2.25. The molecule has 1 amide bonds. The van der Waals surface area contributed by atoms with E-state index in [-0.39, 0.29) is 41.5 Å². The number of aryl methyl sites for hydroxylation is 1. The number of benzene rings is 2. The van der Waals surface area contributed by atoms with Crippen molar-refractivity contribution >= 4 is 23.2 Å². The lowest BCUT2D eigenvalue weighted by Crippen LogP contribution is -2.35. The third-order valence-corrected chi connectivity index (χ3v) is 6.35. The van der Waals surface area contributed by atoms with Gasteiger partial charge in [-0.25, -0.2) is 4.39 Å². The van der Waals surface area contributed by atoms with E-state index in [0.717, 1.165) is 24.0 Å². The number of Topliss-reactive ketones (excluding diaryl/α,β-unsaturated/α-hetero) is 1. The summed E-state index contributed by atoms with van der Waals surface area (Å²) >= 11 is 0. The molecule has 2 N–H and O–H groups in total. The Kier molecular flexibility index (Phi) is 8.42. The van der Waals surface area contributed by atoms with E-state index in [1.807, 2.05) is 31.7 Å². The Morgan fingerprint density at radius 2 is 1.91 bits per heavy atom. The van der Waals surface area contributed by atoms with E-state index in [4.69, 9.17) is 4.99 Å². The summed E-state index contributed by atoms with van der Waals surface area (Å²) in [5.41, 5.74) is 2.03. The summed E-state index contributed by atoms with van der Waals surface area (Å²) in [5.74, 6) is -0.527. The average molecular weight is 468 g/mol. The molecule has 0 radical (unpaired) electrons. The van der Waals surface area contributed by atoms with Crippen LogP contribution in [0.5, 0.6) is 5.75 Å². The Morgan fingerprint density at radius 3 is 2.56 bits per heavy atom. The first-order valence-corrected chi connectivity index (χ1v) is 12.0. The monoisotopic (exact) mass is 467 g/mol. The summed E-state index contributed by atoms with van der Waals surface area (Å²) in [5, 5.41) is 12.7. The zero-order chi connectivity index (χ0) is 24.8. The van der Waals surface area contributed by atoms with Crippen LogP contribution in [0.3, 0.4) is 0 Å². The molecule has 2 aromatic rings. The van der Waals surface area contributed by atoms with Crippen LogP contribution in [0.1, 0.15) is 67.9 Å². The van der Waals surface area contributed by atoms with E-state index < -0.39 is 5.82 Å². The molecule has 1 aliphatic heterocycles. The summed E-state index contributed by atoms with van der Waals surface area (Å²) in [6.07, 6.45) is 3.25. The number of nitrogens with one attached hydrogen (secondary N) is 1. The first kappa shape index (κ1) is 25.4.